The van der Waals surface area contributed by atoms with Crippen molar-refractivity contribution in [2.24, 2.45) is 11.8 Å². The minimum absolute atomic E-state index is 0.198. The lowest BCUT2D eigenvalue weighted by Crippen LogP contribution is -2.55. The predicted octanol–water partition coefficient (Wildman–Crippen LogP) is 4.71. The number of hydrogen-bond acceptors (Lipinski definition) is 5. The van der Waals surface area contributed by atoms with Crippen molar-refractivity contribution >= 4 is 30.1 Å². The lowest BCUT2D eigenvalue weighted by molar-refractivity contribution is -0.142. The van der Waals surface area contributed by atoms with Gasteiger partial charge in [0.1, 0.15) is 6.10 Å². The molecule has 2 saturated heterocycles. The predicted molar refractivity (Wildman–Crippen MR) is 161 cm³/mol. The maximum Gasteiger partial charge on any atom is 0.494 e. The van der Waals surface area contributed by atoms with E-state index in [4.69, 9.17) is 9.31 Å². The summed E-state index contributed by atoms with van der Waals surface area (Å²) in [5, 5.41) is 9.88. The Morgan fingerprint density at radius 2 is 1.54 bits per heavy atom. The van der Waals surface area contributed by atoms with E-state index in [0.29, 0.717) is 31.8 Å². The second-order valence-electron chi connectivity index (χ2n) is 14.6. The van der Waals surface area contributed by atoms with Crippen molar-refractivity contribution in [2.75, 3.05) is 18.0 Å². The van der Waals surface area contributed by atoms with Crippen LogP contribution in [0.15, 0.2) is 18.2 Å². The molecule has 1 aromatic rings. The molecule has 0 unspecified atom stereocenters. The molecule has 0 radical (unpaired) electrons. The molecule has 0 aromatic heterocycles. The Bertz CT molecular complexity index is 1140. The third-order valence-corrected chi connectivity index (χ3v) is 11.6. The lowest BCUT2D eigenvalue weighted by atomic mass is 9.68. The van der Waals surface area contributed by atoms with Gasteiger partial charge in [-0.05, 0) is 89.2 Å². The molecule has 1 N–H and O–H groups in total. The number of amides is 2. The van der Waals surface area contributed by atoms with Crippen molar-refractivity contribution in [3.8, 4) is 0 Å². The molecule has 7 nitrogen and oxygen atoms in total. The molecule has 6 rings (SSSR count). The van der Waals surface area contributed by atoms with Crippen molar-refractivity contribution in [3.63, 3.8) is 0 Å². The monoisotopic (exact) mass is 564 g/mol. The molecule has 224 valence electrons. The summed E-state index contributed by atoms with van der Waals surface area (Å²) in [4.78, 5) is 30.9. The van der Waals surface area contributed by atoms with Crippen LogP contribution in [0, 0.1) is 11.8 Å². The molecule has 1 spiro atoms. The first-order valence-corrected chi connectivity index (χ1v) is 16.2. The van der Waals surface area contributed by atoms with Gasteiger partial charge in [0, 0.05) is 24.8 Å². The zero-order valence-corrected chi connectivity index (χ0v) is 25.8. The highest BCUT2D eigenvalue weighted by atomic mass is 16.7. The van der Waals surface area contributed by atoms with E-state index in [1.807, 2.05) is 0 Å². The molecule has 2 saturated carbocycles. The van der Waals surface area contributed by atoms with Crippen LogP contribution < -0.4 is 10.4 Å². The van der Waals surface area contributed by atoms with Crippen LogP contribution in [0.4, 0.5) is 5.69 Å². The Balaban J connectivity index is 1.28. The van der Waals surface area contributed by atoms with Crippen molar-refractivity contribution in [1.29, 1.82) is 0 Å². The molecule has 2 amide bonds. The van der Waals surface area contributed by atoms with Gasteiger partial charge in [-0.3, -0.25) is 9.59 Å². The summed E-state index contributed by atoms with van der Waals surface area (Å²) in [6, 6.07) is 6.58. The first-order valence-electron chi connectivity index (χ1n) is 16.2. The Labute approximate surface area is 246 Å². The number of likely N-dealkylation sites (tertiary alicyclic amines) is 1. The fourth-order valence-electron chi connectivity index (χ4n) is 8.14. The molecule has 4 fully saturated rings. The summed E-state index contributed by atoms with van der Waals surface area (Å²) in [5.74, 6) is 1.45. The summed E-state index contributed by atoms with van der Waals surface area (Å²) in [5.41, 5.74) is 1.56. The van der Waals surface area contributed by atoms with E-state index in [9.17, 15) is 14.7 Å². The van der Waals surface area contributed by atoms with Gasteiger partial charge in [0.15, 0.2) is 0 Å². The van der Waals surface area contributed by atoms with Crippen LogP contribution in [-0.4, -0.2) is 65.4 Å². The topological polar surface area (TPSA) is 79.3 Å². The minimum atomic E-state index is -1.02. The highest BCUT2D eigenvalue weighted by molar-refractivity contribution is 6.62. The van der Waals surface area contributed by atoms with Crippen molar-refractivity contribution < 1.29 is 24.0 Å². The molecule has 5 aliphatic rings. The Morgan fingerprint density at radius 3 is 2.12 bits per heavy atom. The minimum Gasteiger partial charge on any atom is -0.399 e. The maximum absolute atomic E-state index is 14.5. The molecule has 41 heavy (non-hydrogen) atoms. The summed E-state index contributed by atoms with van der Waals surface area (Å²) < 4.78 is 12.8. The van der Waals surface area contributed by atoms with Crippen LogP contribution in [0.25, 0.3) is 0 Å². The van der Waals surface area contributed by atoms with Gasteiger partial charge in [-0.1, -0.05) is 57.1 Å². The highest BCUT2D eigenvalue weighted by Gasteiger charge is 2.57. The zero-order chi connectivity index (χ0) is 29.2. The van der Waals surface area contributed by atoms with E-state index in [1.54, 1.807) is 4.90 Å². The number of rotatable bonds is 4. The normalized spacial score (nSPS) is 30.1. The van der Waals surface area contributed by atoms with E-state index in [2.05, 4.69) is 50.8 Å². The van der Waals surface area contributed by atoms with Crippen molar-refractivity contribution in [2.45, 2.75) is 134 Å². The van der Waals surface area contributed by atoms with E-state index in [1.165, 1.54) is 51.9 Å². The molecule has 0 bridgehead atoms. The van der Waals surface area contributed by atoms with E-state index >= 15 is 0 Å². The van der Waals surface area contributed by atoms with Gasteiger partial charge >= 0.3 is 7.12 Å². The number of nitrogens with zero attached hydrogens (tertiary/aromatic N) is 2. The number of fused-ring (bicyclic) bond motifs is 2. The molecule has 1 aromatic carbocycles. The smallest absolute Gasteiger partial charge is 0.399 e. The second-order valence-corrected chi connectivity index (χ2v) is 14.6. The molecule has 1 atom stereocenters. The van der Waals surface area contributed by atoms with Gasteiger partial charge in [0.2, 0.25) is 5.91 Å². The molecular formula is C33H49BN2O5. The summed E-state index contributed by atoms with van der Waals surface area (Å²) in [7, 11) is -0.478. The van der Waals surface area contributed by atoms with Crippen molar-refractivity contribution in [1.82, 2.24) is 4.90 Å². The first kappa shape index (κ1) is 29.2. The average molecular weight is 565 g/mol. The fourth-order valence-corrected chi connectivity index (χ4v) is 8.14. The lowest BCUT2D eigenvalue weighted by Gasteiger charge is -2.46. The van der Waals surface area contributed by atoms with Crippen LogP contribution >= 0.6 is 0 Å². The summed E-state index contributed by atoms with van der Waals surface area (Å²) >= 11 is 0. The molecular weight excluding hydrogens is 515 g/mol. The number of anilines is 1. The Morgan fingerprint density at radius 1 is 0.951 bits per heavy atom. The SMILES string of the molecule is C[C@H](O)C(=O)N1CCC2(CC1)C(=O)N(C1CC(C3CCCCCCC3)C1)c1cc(B3OC(C)(C)C(C)(C)O3)ccc12. The number of aliphatic hydroxyl groups excluding tert-OH is 1. The fraction of sp³-hybridized carbons (Fsp3) is 0.758. The summed E-state index contributed by atoms with van der Waals surface area (Å²) in [6.07, 6.45) is 11.8. The standard InChI is InChI=1S/C33H49BN2O5/c1-22(37)29(38)35-17-15-33(16-18-35)27-14-13-25(34-40-31(2,3)32(4,5)41-34)21-28(27)36(30(33)39)26-19-24(20-26)23-11-9-7-6-8-10-12-23/h13-14,21-24,26,37H,6-12,15-20H2,1-5H3/t22-,24?,26?/m0/s1. The van der Waals surface area contributed by atoms with E-state index in [-0.39, 0.29) is 17.9 Å². The maximum atomic E-state index is 14.5. The zero-order valence-electron chi connectivity index (χ0n) is 25.8. The molecule has 3 heterocycles. The molecule has 8 heteroatoms. The van der Waals surface area contributed by atoms with Gasteiger partial charge < -0.3 is 24.2 Å². The quantitative estimate of drug-likeness (QED) is 0.536. The number of aliphatic hydroxyl groups is 1. The van der Waals surface area contributed by atoms with Gasteiger partial charge in [-0.25, -0.2) is 0 Å². The third kappa shape index (κ3) is 4.96. The molecule has 3 aliphatic heterocycles. The summed E-state index contributed by atoms with van der Waals surface area (Å²) in [6.45, 7) is 10.8. The third-order valence-electron chi connectivity index (χ3n) is 11.6. The first-order chi connectivity index (χ1) is 19.4. The van der Waals surface area contributed by atoms with Crippen LogP contribution in [0.2, 0.25) is 0 Å². The van der Waals surface area contributed by atoms with Gasteiger partial charge in [0.25, 0.3) is 5.91 Å². The van der Waals surface area contributed by atoms with E-state index < -0.39 is 29.8 Å². The Hall–Kier alpha value is -1.90. The number of piperidine rings is 1. The number of carbonyl (C=O) groups is 2. The average Bonchev–Trinajstić information content (AvgIpc) is 3.24. The number of carbonyl (C=O) groups excluding carboxylic acids is 2. The largest absolute Gasteiger partial charge is 0.494 e. The van der Waals surface area contributed by atoms with E-state index in [0.717, 1.165) is 35.5 Å². The second kappa shape index (κ2) is 10.7. The molecule has 2 aliphatic carbocycles. The van der Waals surface area contributed by atoms with Crippen LogP contribution in [0.3, 0.4) is 0 Å². The van der Waals surface area contributed by atoms with Crippen LogP contribution in [-0.2, 0) is 24.3 Å². The van der Waals surface area contributed by atoms with Gasteiger partial charge in [-0.15, -0.1) is 0 Å². The number of hydrogen-bond donors (Lipinski definition) is 1. The van der Waals surface area contributed by atoms with Gasteiger partial charge in [-0.2, -0.15) is 0 Å². The Kier molecular flexibility index (Phi) is 7.60. The van der Waals surface area contributed by atoms with Crippen LogP contribution in [0.5, 0.6) is 0 Å². The number of benzene rings is 1. The van der Waals surface area contributed by atoms with Crippen LogP contribution in [0.1, 0.15) is 111 Å². The van der Waals surface area contributed by atoms with Gasteiger partial charge in [0.05, 0.1) is 16.6 Å². The highest BCUT2D eigenvalue weighted by Crippen LogP contribution is 2.53. The van der Waals surface area contributed by atoms with Crippen molar-refractivity contribution in [3.05, 3.63) is 23.8 Å².